The molecule has 2 nitrogen and oxygen atoms in total. The Kier molecular flexibility index (Phi) is 2.92. The van der Waals surface area contributed by atoms with Gasteiger partial charge in [-0.15, -0.1) is 0 Å². The van der Waals surface area contributed by atoms with Gasteiger partial charge < -0.3 is 0 Å². The Hall–Kier alpha value is -1.48. The molecule has 0 N–H and O–H groups in total. The number of hydrogen-bond acceptors (Lipinski definition) is 2. The first kappa shape index (κ1) is 10.1. The molecule has 1 aromatic rings. The third-order valence-electron chi connectivity index (χ3n) is 1.92. The van der Waals surface area contributed by atoms with Gasteiger partial charge in [0.05, 0.1) is 11.4 Å². The van der Waals surface area contributed by atoms with Crippen LogP contribution in [0.5, 0.6) is 0 Å². The molecule has 1 aromatic carbocycles. The summed E-state index contributed by atoms with van der Waals surface area (Å²) in [6, 6.07) is 7.69. The van der Waals surface area contributed by atoms with E-state index in [1.54, 1.807) is 12.2 Å². The zero-order valence-corrected chi connectivity index (χ0v) is 9.44. The number of hydrogen-bond donors (Lipinski definition) is 0. The van der Waals surface area contributed by atoms with Crippen LogP contribution < -0.4 is 0 Å². The lowest BCUT2D eigenvalue weighted by atomic mass is 10.1. The number of aliphatic imine (C=N–C) groups is 1. The first-order valence-corrected chi connectivity index (χ1v) is 5.28. The maximum absolute atomic E-state index is 10.9. The predicted octanol–water partition coefficient (Wildman–Crippen LogP) is 3.22. The molecule has 2 rings (SSSR count). The van der Waals surface area contributed by atoms with Crippen LogP contribution in [0.3, 0.4) is 0 Å². The molecule has 0 saturated carbocycles. The molecule has 74 valence electrons. The lowest BCUT2D eigenvalue weighted by Gasteiger charge is -1.99. The number of rotatable bonds is 1. The van der Waals surface area contributed by atoms with Crippen LogP contribution in [0.2, 0.25) is 0 Å². The van der Waals surface area contributed by atoms with E-state index in [0.29, 0.717) is 0 Å². The van der Waals surface area contributed by atoms with Crippen molar-refractivity contribution in [1.82, 2.24) is 0 Å². The summed E-state index contributed by atoms with van der Waals surface area (Å²) in [5.41, 5.74) is 1.66. The van der Waals surface area contributed by atoms with E-state index in [2.05, 4.69) is 20.9 Å². The summed E-state index contributed by atoms with van der Waals surface area (Å²) in [6.45, 7) is 0. The summed E-state index contributed by atoms with van der Waals surface area (Å²) in [5.74, 6) is 0.00440. The average Bonchev–Trinajstić information content (AvgIpc) is 2.25. The molecule has 0 radical (unpaired) electrons. The van der Waals surface area contributed by atoms with E-state index in [9.17, 15) is 4.79 Å². The second-order valence-electron chi connectivity index (χ2n) is 3.08. The first-order chi connectivity index (χ1) is 7.24. The van der Waals surface area contributed by atoms with Crippen molar-refractivity contribution in [3.8, 4) is 0 Å². The summed E-state index contributed by atoms with van der Waals surface area (Å²) in [7, 11) is 0. The highest BCUT2D eigenvalue weighted by atomic mass is 79.9. The van der Waals surface area contributed by atoms with Gasteiger partial charge in [-0.05, 0) is 48.6 Å². The van der Waals surface area contributed by atoms with E-state index in [1.807, 2.05) is 24.3 Å². The van der Waals surface area contributed by atoms with Crippen LogP contribution in [0.4, 0.5) is 5.69 Å². The molecule has 0 atom stereocenters. The molecule has 0 heterocycles. The Bertz CT molecular complexity index is 451. The zero-order valence-electron chi connectivity index (χ0n) is 7.85. The monoisotopic (exact) mass is 261 g/mol. The van der Waals surface area contributed by atoms with Crippen molar-refractivity contribution in [2.75, 3.05) is 0 Å². The van der Waals surface area contributed by atoms with Gasteiger partial charge in [0.2, 0.25) is 0 Å². The van der Waals surface area contributed by atoms with Crippen LogP contribution in [-0.4, -0.2) is 11.5 Å². The Labute approximate surface area is 96.2 Å². The molecule has 1 aliphatic carbocycles. The fraction of sp³-hybridized carbons (Fsp3) is 0. The van der Waals surface area contributed by atoms with Crippen LogP contribution in [0.1, 0.15) is 0 Å². The van der Waals surface area contributed by atoms with E-state index in [-0.39, 0.29) is 5.78 Å². The highest BCUT2D eigenvalue weighted by Crippen LogP contribution is 2.17. The van der Waals surface area contributed by atoms with Crippen LogP contribution in [0, 0.1) is 0 Å². The van der Waals surface area contributed by atoms with Gasteiger partial charge in [0.1, 0.15) is 0 Å². The number of nitrogens with zero attached hydrogens (tertiary/aromatic N) is 1. The van der Waals surface area contributed by atoms with Crippen LogP contribution in [0.25, 0.3) is 0 Å². The van der Waals surface area contributed by atoms with Crippen LogP contribution >= 0.6 is 15.9 Å². The molecular weight excluding hydrogens is 254 g/mol. The number of ketones is 1. The maximum Gasteiger partial charge on any atom is 0.178 e. The van der Waals surface area contributed by atoms with Gasteiger partial charge in [0.25, 0.3) is 0 Å². The molecule has 0 unspecified atom stereocenters. The van der Waals surface area contributed by atoms with Gasteiger partial charge in [-0.25, -0.2) is 4.99 Å². The first-order valence-electron chi connectivity index (χ1n) is 4.48. The summed E-state index contributed by atoms with van der Waals surface area (Å²) in [5, 5.41) is 0. The Balaban J connectivity index is 2.24. The number of allylic oxidation sites excluding steroid dienone is 4. The Morgan fingerprint density at radius 1 is 0.933 bits per heavy atom. The third kappa shape index (κ3) is 2.73. The molecule has 3 heteroatoms. The van der Waals surface area contributed by atoms with Crippen molar-refractivity contribution >= 4 is 33.1 Å². The summed E-state index contributed by atoms with van der Waals surface area (Å²) >= 11 is 3.36. The number of halogens is 1. The lowest BCUT2D eigenvalue weighted by molar-refractivity contribution is -0.110. The predicted molar refractivity (Wildman–Crippen MR) is 64.5 cm³/mol. The normalized spacial score (nSPS) is 14.5. The van der Waals surface area contributed by atoms with Crippen molar-refractivity contribution in [2.24, 2.45) is 4.99 Å². The second kappa shape index (κ2) is 4.36. The number of carbonyl (C=O) groups excluding carboxylic acids is 1. The molecule has 0 bridgehead atoms. The Morgan fingerprint density at radius 3 is 2.13 bits per heavy atom. The van der Waals surface area contributed by atoms with Gasteiger partial charge in [0, 0.05) is 4.47 Å². The van der Waals surface area contributed by atoms with Crippen molar-refractivity contribution < 1.29 is 4.79 Å². The summed E-state index contributed by atoms with van der Waals surface area (Å²) in [6.07, 6.45) is 6.45. The fourth-order valence-electron chi connectivity index (χ4n) is 1.19. The quantitative estimate of drug-likeness (QED) is 0.714. The minimum Gasteiger partial charge on any atom is -0.290 e. The van der Waals surface area contributed by atoms with Crippen molar-refractivity contribution in [3.63, 3.8) is 0 Å². The maximum atomic E-state index is 10.9. The lowest BCUT2D eigenvalue weighted by Crippen LogP contribution is -1.98. The number of carbonyl (C=O) groups is 1. The standard InChI is InChI=1S/C12H8BrNO/c13-9-1-3-10(4-2-9)14-11-5-7-12(15)8-6-11/h1-8H. The van der Waals surface area contributed by atoms with E-state index in [0.717, 1.165) is 15.9 Å². The van der Waals surface area contributed by atoms with Crippen molar-refractivity contribution in [3.05, 3.63) is 53.0 Å². The molecule has 0 aliphatic heterocycles. The van der Waals surface area contributed by atoms with Gasteiger partial charge in [-0.2, -0.15) is 0 Å². The van der Waals surface area contributed by atoms with Crippen molar-refractivity contribution in [1.29, 1.82) is 0 Å². The zero-order chi connectivity index (χ0) is 10.7. The highest BCUT2D eigenvalue weighted by Gasteiger charge is 1.99. The van der Waals surface area contributed by atoms with E-state index in [4.69, 9.17) is 0 Å². The number of benzene rings is 1. The smallest absolute Gasteiger partial charge is 0.178 e. The topological polar surface area (TPSA) is 29.4 Å². The largest absolute Gasteiger partial charge is 0.290 e. The molecule has 0 fully saturated rings. The molecule has 0 amide bonds. The molecule has 1 aliphatic rings. The summed E-state index contributed by atoms with van der Waals surface area (Å²) < 4.78 is 1.02. The third-order valence-corrected chi connectivity index (χ3v) is 2.45. The minimum absolute atomic E-state index is 0.00440. The van der Waals surface area contributed by atoms with E-state index in [1.165, 1.54) is 12.2 Å². The molecule has 0 spiro atoms. The van der Waals surface area contributed by atoms with Crippen LogP contribution in [-0.2, 0) is 4.79 Å². The molecule has 0 saturated heterocycles. The Morgan fingerprint density at radius 2 is 1.53 bits per heavy atom. The highest BCUT2D eigenvalue weighted by molar-refractivity contribution is 9.10. The second-order valence-corrected chi connectivity index (χ2v) is 4.00. The minimum atomic E-state index is 0.00440. The van der Waals surface area contributed by atoms with Crippen molar-refractivity contribution in [2.45, 2.75) is 0 Å². The van der Waals surface area contributed by atoms with Gasteiger partial charge >= 0.3 is 0 Å². The SMILES string of the molecule is O=C1C=CC(=Nc2ccc(Br)cc2)C=C1. The van der Waals surface area contributed by atoms with Gasteiger partial charge in [0.15, 0.2) is 5.78 Å². The average molecular weight is 262 g/mol. The van der Waals surface area contributed by atoms with E-state index < -0.39 is 0 Å². The summed E-state index contributed by atoms with van der Waals surface area (Å²) in [4.78, 5) is 15.2. The van der Waals surface area contributed by atoms with Crippen LogP contribution in [0.15, 0.2) is 58.0 Å². The van der Waals surface area contributed by atoms with Gasteiger partial charge in [-0.3, -0.25) is 4.79 Å². The fourth-order valence-corrected chi connectivity index (χ4v) is 1.45. The van der Waals surface area contributed by atoms with E-state index >= 15 is 0 Å². The molecule has 15 heavy (non-hydrogen) atoms. The molecular formula is C12H8BrNO. The molecule has 0 aromatic heterocycles. The van der Waals surface area contributed by atoms with Gasteiger partial charge in [-0.1, -0.05) is 15.9 Å².